The Kier molecular flexibility index (Phi) is 4.11. The molecule has 0 nitrogen and oxygen atoms in total. The highest BCUT2D eigenvalue weighted by atomic mass is 35.6. The number of alkyl halides is 3. The minimum atomic E-state index is -1.39. The molecular formula is C7H7Cl3. The molecule has 0 heterocycles. The first-order valence-corrected chi connectivity index (χ1v) is 3.68. The second-order valence-electron chi connectivity index (χ2n) is 1.56. The molecule has 0 aromatic heterocycles. The molecule has 0 saturated carbocycles. The summed E-state index contributed by atoms with van der Waals surface area (Å²) in [6, 6.07) is 0. The molecular weight excluding hydrogens is 190 g/mol. The minimum absolute atomic E-state index is 0.521. The maximum atomic E-state index is 5.52. The Morgan fingerprint density at radius 2 is 1.70 bits per heavy atom. The summed E-state index contributed by atoms with van der Waals surface area (Å²) < 4.78 is -1.39. The first-order valence-electron chi connectivity index (χ1n) is 2.54. The first-order chi connectivity index (χ1) is 4.52. The average Bonchev–Trinajstić information content (AvgIpc) is 1.80. The average molecular weight is 197 g/mol. The van der Waals surface area contributed by atoms with Gasteiger partial charge in [-0.05, 0) is 0 Å². The maximum absolute atomic E-state index is 5.52. The highest BCUT2D eigenvalue weighted by Crippen LogP contribution is 2.34. The fraction of sp³-hybridized carbons (Fsp3) is 0.143. The SMILES string of the molecule is C=C/C=C(\C=C)C(Cl)(Cl)Cl. The van der Waals surface area contributed by atoms with Crippen molar-refractivity contribution in [1.29, 1.82) is 0 Å². The van der Waals surface area contributed by atoms with Gasteiger partial charge in [0.2, 0.25) is 3.79 Å². The molecule has 0 fully saturated rings. The third kappa shape index (κ3) is 3.31. The van der Waals surface area contributed by atoms with Crippen molar-refractivity contribution in [1.82, 2.24) is 0 Å². The zero-order valence-electron chi connectivity index (χ0n) is 5.28. The second kappa shape index (κ2) is 4.07. The lowest BCUT2D eigenvalue weighted by Gasteiger charge is -2.10. The molecule has 0 bridgehead atoms. The quantitative estimate of drug-likeness (QED) is 0.468. The summed E-state index contributed by atoms with van der Waals surface area (Å²) in [5.41, 5.74) is 0.521. The smallest absolute Gasteiger partial charge is 0.0991 e. The second-order valence-corrected chi connectivity index (χ2v) is 3.84. The molecule has 56 valence electrons. The van der Waals surface area contributed by atoms with Gasteiger partial charge in [0.15, 0.2) is 0 Å². The van der Waals surface area contributed by atoms with Crippen molar-refractivity contribution in [3.63, 3.8) is 0 Å². The summed E-state index contributed by atoms with van der Waals surface area (Å²) in [4.78, 5) is 0. The number of hydrogen-bond acceptors (Lipinski definition) is 0. The number of halogens is 3. The summed E-state index contributed by atoms with van der Waals surface area (Å²) in [5, 5.41) is 0. The molecule has 3 heteroatoms. The minimum Gasteiger partial charge on any atom is -0.0991 e. The van der Waals surface area contributed by atoms with Crippen LogP contribution in [0, 0.1) is 0 Å². The van der Waals surface area contributed by atoms with Crippen LogP contribution in [0.15, 0.2) is 37.0 Å². The van der Waals surface area contributed by atoms with E-state index in [1.54, 1.807) is 12.2 Å². The monoisotopic (exact) mass is 196 g/mol. The highest BCUT2D eigenvalue weighted by molar-refractivity contribution is 6.69. The maximum Gasteiger partial charge on any atom is 0.216 e. The van der Waals surface area contributed by atoms with Gasteiger partial charge in [-0.25, -0.2) is 0 Å². The van der Waals surface area contributed by atoms with Crippen LogP contribution in [0.3, 0.4) is 0 Å². The van der Waals surface area contributed by atoms with E-state index in [2.05, 4.69) is 13.2 Å². The molecule has 0 atom stereocenters. The Morgan fingerprint density at radius 3 is 1.80 bits per heavy atom. The van der Waals surface area contributed by atoms with Gasteiger partial charge < -0.3 is 0 Å². The van der Waals surface area contributed by atoms with Crippen molar-refractivity contribution >= 4 is 34.8 Å². The zero-order valence-corrected chi connectivity index (χ0v) is 7.55. The van der Waals surface area contributed by atoms with E-state index in [-0.39, 0.29) is 0 Å². The molecule has 0 N–H and O–H groups in total. The van der Waals surface area contributed by atoms with Crippen LogP contribution >= 0.6 is 34.8 Å². The lowest BCUT2D eigenvalue weighted by atomic mass is 10.3. The fourth-order valence-corrected chi connectivity index (χ4v) is 0.826. The van der Waals surface area contributed by atoms with Gasteiger partial charge in [0.05, 0.1) is 0 Å². The Balaban J connectivity index is 4.51. The number of allylic oxidation sites excluding steroid dienone is 4. The van der Waals surface area contributed by atoms with Crippen LogP contribution in [0.5, 0.6) is 0 Å². The van der Waals surface area contributed by atoms with Gasteiger partial charge in [0.25, 0.3) is 0 Å². The summed E-state index contributed by atoms with van der Waals surface area (Å²) >= 11 is 16.6. The summed E-state index contributed by atoms with van der Waals surface area (Å²) in [5.74, 6) is 0. The molecule has 0 radical (unpaired) electrons. The van der Waals surface area contributed by atoms with E-state index in [1.807, 2.05) is 0 Å². The van der Waals surface area contributed by atoms with Crippen molar-refractivity contribution in [3.05, 3.63) is 37.0 Å². The van der Waals surface area contributed by atoms with E-state index in [1.165, 1.54) is 6.08 Å². The van der Waals surface area contributed by atoms with Crippen LogP contribution in [-0.2, 0) is 0 Å². The predicted octanol–water partition coefficient (Wildman–Crippen LogP) is 3.66. The van der Waals surface area contributed by atoms with Crippen LogP contribution < -0.4 is 0 Å². The third-order valence-electron chi connectivity index (χ3n) is 0.845. The lowest BCUT2D eigenvalue weighted by Crippen LogP contribution is -2.03. The van der Waals surface area contributed by atoms with E-state index in [0.717, 1.165) is 0 Å². The molecule has 0 amide bonds. The van der Waals surface area contributed by atoms with Gasteiger partial charge in [0, 0.05) is 5.57 Å². The molecule has 0 unspecified atom stereocenters. The molecule has 0 aromatic rings. The third-order valence-corrected chi connectivity index (χ3v) is 1.50. The highest BCUT2D eigenvalue weighted by Gasteiger charge is 2.22. The standard InChI is InChI=1S/C7H7Cl3/c1-3-5-6(4-2)7(8,9)10/h3-5H,1-2H2/b6-5+. The predicted molar refractivity (Wildman–Crippen MR) is 48.8 cm³/mol. The molecule has 10 heavy (non-hydrogen) atoms. The molecule has 0 aromatic carbocycles. The number of hydrogen-bond donors (Lipinski definition) is 0. The van der Waals surface area contributed by atoms with Gasteiger partial charge in [0.1, 0.15) is 0 Å². The zero-order chi connectivity index (χ0) is 8.20. The van der Waals surface area contributed by atoms with Crippen molar-refractivity contribution in [2.75, 3.05) is 0 Å². The fourth-order valence-electron chi connectivity index (χ4n) is 0.405. The molecule has 0 aliphatic carbocycles. The number of rotatable bonds is 2. The van der Waals surface area contributed by atoms with Gasteiger partial charge in [-0.2, -0.15) is 0 Å². The molecule has 0 saturated heterocycles. The van der Waals surface area contributed by atoms with Crippen molar-refractivity contribution < 1.29 is 0 Å². The molecule has 0 aliphatic rings. The summed E-state index contributed by atoms with van der Waals surface area (Å²) in [6.07, 6.45) is 4.62. The van der Waals surface area contributed by atoms with Crippen LogP contribution in [0.2, 0.25) is 0 Å². The van der Waals surface area contributed by atoms with Gasteiger partial charge in [-0.15, -0.1) is 0 Å². The molecule has 0 aliphatic heterocycles. The normalized spacial score (nSPS) is 12.9. The summed E-state index contributed by atoms with van der Waals surface area (Å²) in [7, 11) is 0. The van der Waals surface area contributed by atoms with E-state index in [9.17, 15) is 0 Å². The van der Waals surface area contributed by atoms with Gasteiger partial charge >= 0.3 is 0 Å². The van der Waals surface area contributed by atoms with Crippen molar-refractivity contribution in [2.45, 2.75) is 3.79 Å². The van der Waals surface area contributed by atoms with Crippen molar-refractivity contribution in [3.8, 4) is 0 Å². The van der Waals surface area contributed by atoms with E-state index >= 15 is 0 Å². The first kappa shape index (κ1) is 10.1. The van der Waals surface area contributed by atoms with Crippen LogP contribution in [0.25, 0.3) is 0 Å². The van der Waals surface area contributed by atoms with Gasteiger partial charge in [-0.3, -0.25) is 0 Å². The molecule has 0 spiro atoms. The van der Waals surface area contributed by atoms with E-state index < -0.39 is 3.79 Å². The summed E-state index contributed by atoms with van der Waals surface area (Å²) in [6.45, 7) is 6.94. The Morgan fingerprint density at radius 1 is 1.20 bits per heavy atom. The van der Waals surface area contributed by atoms with Crippen LogP contribution in [0.1, 0.15) is 0 Å². The Hall–Kier alpha value is 0.0900. The topological polar surface area (TPSA) is 0 Å². The Labute approximate surface area is 75.8 Å². The van der Waals surface area contributed by atoms with Gasteiger partial charge in [-0.1, -0.05) is 66.2 Å². The van der Waals surface area contributed by atoms with E-state index in [0.29, 0.717) is 5.57 Å². The van der Waals surface area contributed by atoms with E-state index in [4.69, 9.17) is 34.8 Å². The lowest BCUT2D eigenvalue weighted by molar-refractivity contribution is 1.34. The van der Waals surface area contributed by atoms with Crippen LogP contribution in [0.4, 0.5) is 0 Å². The Bertz CT molecular complexity index is 162. The molecule has 0 rings (SSSR count). The van der Waals surface area contributed by atoms with Crippen LogP contribution in [-0.4, -0.2) is 3.79 Å². The largest absolute Gasteiger partial charge is 0.216 e. The van der Waals surface area contributed by atoms with Crippen molar-refractivity contribution in [2.24, 2.45) is 0 Å².